The van der Waals surface area contributed by atoms with Crippen LogP contribution in [0.2, 0.25) is 0 Å². The van der Waals surface area contributed by atoms with Crippen molar-refractivity contribution in [1.82, 2.24) is 9.55 Å². The van der Waals surface area contributed by atoms with Gasteiger partial charge >= 0.3 is 6.16 Å². The zero-order chi connectivity index (χ0) is 27.1. The maximum Gasteiger partial charge on any atom is 0.514 e. The summed E-state index contributed by atoms with van der Waals surface area (Å²) in [4.78, 5) is 17.3. The molecule has 1 heterocycles. The third kappa shape index (κ3) is 7.03. The molecule has 0 bridgehead atoms. The van der Waals surface area contributed by atoms with Crippen LogP contribution < -0.4 is 4.74 Å². The van der Waals surface area contributed by atoms with Gasteiger partial charge < -0.3 is 14.0 Å². The minimum atomic E-state index is -0.703. The number of unbranched alkanes of at least 4 members (excludes halogenated alkanes) is 2. The molecule has 3 aromatic carbocycles. The van der Waals surface area contributed by atoms with Crippen molar-refractivity contribution in [1.29, 1.82) is 0 Å². The fraction of sp³-hybridized carbons (Fsp3) is 0.394. The van der Waals surface area contributed by atoms with Crippen LogP contribution >= 0.6 is 0 Å². The van der Waals surface area contributed by atoms with Crippen molar-refractivity contribution in [2.45, 2.75) is 85.3 Å². The molecule has 1 aromatic heterocycles. The maximum atomic E-state index is 12.3. The molecule has 0 fully saturated rings. The molecule has 0 radical (unpaired) electrons. The van der Waals surface area contributed by atoms with Crippen molar-refractivity contribution in [2.24, 2.45) is 0 Å². The first kappa shape index (κ1) is 27.4. The second-order valence-electron chi connectivity index (χ2n) is 10.9. The second-order valence-corrected chi connectivity index (χ2v) is 10.9. The number of benzene rings is 3. The molecule has 0 aliphatic heterocycles. The molecule has 0 aliphatic carbocycles. The molecule has 38 heavy (non-hydrogen) atoms. The summed E-state index contributed by atoms with van der Waals surface area (Å²) in [5.74, 6) is 1.63. The fourth-order valence-corrected chi connectivity index (χ4v) is 4.59. The molecule has 200 valence electrons. The Hall–Kier alpha value is -3.60. The molecule has 0 aliphatic rings. The highest BCUT2D eigenvalue weighted by atomic mass is 16.7. The number of aryl methyl sites for hydroxylation is 2. The highest BCUT2D eigenvalue weighted by Crippen LogP contribution is 2.31. The van der Waals surface area contributed by atoms with Crippen LogP contribution in [0, 0.1) is 0 Å². The second kappa shape index (κ2) is 12.3. The van der Waals surface area contributed by atoms with Gasteiger partial charge in [0.2, 0.25) is 0 Å². The van der Waals surface area contributed by atoms with Gasteiger partial charge in [0, 0.05) is 18.5 Å². The Balaban J connectivity index is 1.58. The van der Waals surface area contributed by atoms with Gasteiger partial charge in [0.1, 0.15) is 17.2 Å². The molecule has 0 saturated carbocycles. The topological polar surface area (TPSA) is 53.4 Å². The molecule has 4 rings (SSSR count). The van der Waals surface area contributed by atoms with Gasteiger partial charge in [0.05, 0.1) is 11.0 Å². The van der Waals surface area contributed by atoms with Gasteiger partial charge in [-0.05, 0) is 74.9 Å². The number of hydrogen-bond acceptors (Lipinski definition) is 4. The van der Waals surface area contributed by atoms with Crippen LogP contribution in [0.15, 0.2) is 66.7 Å². The van der Waals surface area contributed by atoms with Crippen LogP contribution in [0.25, 0.3) is 22.2 Å². The number of para-hydroxylation sites is 1. The standard InChI is InChI=1S/C33H40N2O3/c1-6-8-12-24-18-21-29-28(22-24)34-31(15-9-7-2)35(29)23-25-16-19-26(20-17-25)27-13-10-11-14-30(27)37-32(36)38-33(3,4)5/h10-11,13-14,16-22H,6-9,12,15,23H2,1-5H3. The summed E-state index contributed by atoms with van der Waals surface area (Å²) in [6.07, 6.45) is 6.04. The molecule has 0 amide bonds. The Labute approximate surface area is 226 Å². The summed E-state index contributed by atoms with van der Waals surface area (Å²) >= 11 is 0. The lowest BCUT2D eigenvalue weighted by atomic mass is 10.0. The Morgan fingerprint density at radius 1 is 0.868 bits per heavy atom. The number of carbonyl (C=O) groups excluding carboxylic acids is 1. The van der Waals surface area contributed by atoms with Crippen molar-refractivity contribution in [3.05, 3.63) is 83.7 Å². The van der Waals surface area contributed by atoms with Crippen LogP contribution in [0.1, 0.15) is 77.3 Å². The zero-order valence-electron chi connectivity index (χ0n) is 23.4. The van der Waals surface area contributed by atoms with Gasteiger partial charge in [-0.1, -0.05) is 75.2 Å². The number of carbonyl (C=O) groups is 1. The Morgan fingerprint density at radius 3 is 2.26 bits per heavy atom. The largest absolute Gasteiger partial charge is 0.514 e. The summed E-state index contributed by atoms with van der Waals surface area (Å²) in [6.45, 7) is 10.7. The van der Waals surface area contributed by atoms with E-state index in [4.69, 9.17) is 14.5 Å². The smallest absolute Gasteiger partial charge is 0.428 e. The number of fused-ring (bicyclic) bond motifs is 1. The van der Waals surface area contributed by atoms with E-state index in [0.29, 0.717) is 5.75 Å². The van der Waals surface area contributed by atoms with E-state index in [-0.39, 0.29) is 0 Å². The van der Waals surface area contributed by atoms with E-state index >= 15 is 0 Å². The van der Waals surface area contributed by atoms with Crippen molar-refractivity contribution in [3.8, 4) is 16.9 Å². The minimum Gasteiger partial charge on any atom is -0.428 e. The molecule has 5 heteroatoms. The summed E-state index contributed by atoms with van der Waals surface area (Å²) in [5.41, 5.74) is 6.06. The monoisotopic (exact) mass is 512 g/mol. The number of rotatable bonds is 10. The first-order valence-electron chi connectivity index (χ1n) is 13.8. The normalized spacial score (nSPS) is 11.6. The van der Waals surface area contributed by atoms with E-state index in [2.05, 4.69) is 60.9 Å². The molecule has 0 spiro atoms. The molecule has 0 atom stereocenters. The number of ether oxygens (including phenoxy) is 2. The summed E-state index contributed by atoms with van der Waals surface area (Å²) in [6, 6.07) is 22.8. The van der Waals surface area contributed by atoms with E-state index in [0.717, 1.165) is 54.7 Å². The van der Waals surface area contributed by atoms with E-state index in [9.17, 15) is 4.79 Å². The molecule has 5 nitrogen and oxygen atoms in total. The van der Waals surface area contributed by atoms with Crippen LogP contribution in [0.4, 0.5) is 4.79 Å². The zero-order valence-corrected chi connectivity index (χ0v) is 23.4. The highest BCUT2D eigenvalue weighted by molar-refractivity contribution is 5.77. The lowest BCUT2D eigenvalue weighted by Gasteiger charge is -2.19. The molecular weight excluding hydrogens is 472 g/mol. The summed E-state index contributed by atoms with van der Waals surface area (Å²) < 4.78 is 13.3. The first-order chi connectivity index (χ1) is 18.3. The molecule has 4 aromatic rings. The predicted octanol–water partition coefficient (Wildman–Crippen LogP) is 8.75. The van der Waals surface area contributed by atoms with Gasteiger partial charge in [0.25, 0.3) is 0 Å². The maximum absolute atomic E-state index is 12.3. The van der Waals surface area contributed by atoms with E-state index in [1.54, 1.807) is 6.07 Å². The van der Waals surface area contributed by atoms with Crippen molar-refractivity contribution in [3.63, 3.8) is 0 Å². The van der Waals surface area contributed by atoms with Crippen molar-refractivity contribution >= 4 is 17.2 Å². The lowest BCUT2D eigenvalue weighted by molar-refractivity contribution is 0.0207. The predicted molar refractivity (Wildman–Crippen MR) is 155 cm³/mol. The Morgan fingerprint density at radius 2 is 1.55 bits per heavy atom. The van der Waals surface area contributed by atoms with E-state index in [1.807, 2.05) is 39.0 Å². The SMILES string of the molecule is CCCCc1ccc2c(c1)nc(CCCC)n2Cc1ccc(-c2ccccc2OC(=O)OC(C)(C)C)cc1. The molecule has 0 unspecified atom stereocenters. The van der Waals surface area contributed by atoms with Crippen molar-refractivity contribution < 1.29 is 14.3 Å². The van der Waals surface area contributed by atoms with Crippen LogP contribution in [0.5, 0.6) is 5.75 Å². The Kier molecular flexibility index (Phi) is 8.88. The number of imidazole rings is 1. The third-order valence-corrected chi connectivity index (χ3v) is 6.54. The van der Waals surface area contributed by atoms with Crippen LogP contribution in [0.3, 0.4) is 0 Å². The van der Waals surface area contributed by atoms with Gasteiger partial charge in [0.15, 0.2) is 0 Å². The molecule has 0 N–H and O–H groups in total. The average Bonchev–Trinajstić information content (AvgIpc) is 3.22. The van der Waals surface area contributed by atoms with Crippen LogP contribution in [-0.2, 0) is 24.1 Å². The average molecular weight is 513 g/mol. The number of hydrogen-bond donors (Lipinski definition) is 0. The van der Waals surface area contributed by atoms with Crippen LogP contribution in [-0.4, -0.2) is 21.3 Å². The number of nitrogens with zero attached hydrogens (tertiary/aromatic N) is 2. The third-order valence-electron chi connectivity index (χ3n) is 6.54. The minimum absolute atomic E-state index is 0.482. The number of aromatic nitrogens is 2. The van der Waals surface area contributed by atoms with Gasteiger partial charge in [-0.15, -0.1) is 0 Å². The van der Waals surface area contributed by atoms with Crippen molar-refractivity contribution in [2.75, 3.05) is 0 Å². The Bertz CT molecular complexity index is 1360. The van der Waals surface area contributed by atoms with Gasteiger partial charge in [-0.3, -0.25) is 0 Å². The van der Waals surface area contributed by atoms with Gasteiger partial charge in [-0.25, -0.2) is 9.78 Å². The summed E-state index contributed by atoms with van der Waals surface area (Å²) in [7, 11) is 0. The fourth-order valence-electron chi connectivity index (χ4n) is 4.59. The molecular formula is C33H40N2O3. The van der Waals surface area contributed by atoms with Gasteiger partial charge in [-0.2, -0.15) is 0 Å². The van der Waals surface area contributed by atoms with E-state index in [1.165, 1.54) is 29.5 Å². The lowest BCUT2D eigenvalue weighted by Crippen LogP contribution is -2.26. The van der Waals surface area contributed by atoms with E-state index < -0.39 is 11.8 Å². The highest BCUT2D eigenvalue weighted by Gasteiger charge is 2.19. The first-order valence-corrected chi connectivity index (χ1v) is 13.8. The summed E-state index contributed by atoms with van der Waals surface area (Å²) in [5, 5.41) is 0. The quantitative estimate of drug-likeness (QED) is 0.157. The molecule has 0 saturated heterocycles.